The largest absolute Gasteiger partial charge is 0.352 e. The highest BCUT2D eigenvalue weighted by Crippen LogP contribution is 2.25. The SMILES string of the molecule is CCC1CCCN1c1cncc(CNC)n1. The molecule has 88 valence electrons. The molecular weight excluding hydrogens is 200 g/mol. The van der Waals surface area contributed by atoms with Gasteiger partial charge in [0.1, 0.15) is 5.82 Å². The molecule has 0 amide bonds. The van der Waals surface area contributed by atoms with Crippen LogP contribution in [0.5, 0.6) is 0 Å². The molecule has 0 aromatic carbocycles. The summed E-state index contributed by atoms with van der Waals surface area (Å²) in [4.78, 5) is 11.3. The fraction of sp³-hybridized carbons (Fsp3) is 0.667. The van der Waals surface area contributed by atoms with Crippen molar-refractivity contribution < 1.29 is 0 Å². The smallest absolute Gasteiger partial charge is 0.147 e. The molecule has 0 aliphatic carbocycles. The van der Waals surface area contributed by atoms with Gasteiger partial charge in [0, 0.05) is 25.3 Å². The highest BCUT2D eigenvalue weighted by Gasteiger charge is 2.24. The van der Waals surface area contributed by atoms with Crippen LogP contribution in [-0.4, -0.2) is 29.6 Å². The van der Waals surface area contributed by atoms with Crippen molar-refractivity contribution in [3.63, 3.8) is 0 Å². The van der Waals surface area contributed by atoms with Crippen molar-refractivity contribution in [1.29, 1.82) is 0 Å². The summed E-state index contributed by atoms with van der Waals surface area (Å²) >= 11 is 0. The Balaban J connectivity index is 2.16. The van der Waals surface area contributed by atoms with Crippen LogP contribution >= 0.6 is 0 Å². The molecule has 16 heavy (non-hydrogen) atoms. The van der Waals surface area contributed by atoms with Crippen LogP contribution < -0.4 is 10.2 Å². The lowest BCUT2D eigenvalue weighted by atomic mass is 10.2. The van der Waals surface area contributed by atoms with E-state index in [1.807, 2.05) is 19.4 Å². The minimum absolute atomic E-state index is 0.652. The van der Waals surface area contributed by atoms with E-state index in [1.54, 1.807) is 0 Å². The van der Waals surface area contributed by atoms with E-state index in [4.69, 9.17) is 0 Å². The van der Waals surface area contributed by atoms with Gasteiger partial charge in [0.2, 0.25) is 0 Å². The summed E-state index contributed by atoms with van der Waals surface area (Å²) in [5.74, 6) is 1.04. The zero-order valence-electron chi connectivity index (χ0n) is 10.1. The predicted molar refractivity (Wildman–Crippen MR) is 65.5 cm³/mol. The molecular formula is C12H20N4. The van der Waals surface area contributed by atoms with Crippen molar-refractivity contribution in [3.8, 4) is 0 Å². The first-order valence-electron chi connectivity index (χ1n) is 6.07. The van der Waals surface area contributed by atoms with Gasteiger partial charge in [-0.2, -0.15) is 0 Å². The summed E-state index contributed by atoms with van der Waals surface area (Å²) in [7, 11) is 1.93. The van der Waals surface area contributed by atoms with Crippen LogP contribution in [0, 0.1) is 0 Å². The van der Waals surface area contributed by atoms with Crippen molar-refractivity contribution in [1.82, 2.24) is 15.3 Å². The minimum atomic E-state index is 0.652. The van der Waals surface area contributed by atoms with Gasteiger partial charge in [-0.15, -0.1) is 0 Å². The Morgan fingerprint density at radius 1 is 1.50 bits per heavy atom. The molecule has 4 nitrogen and oxygen atoms in total. The Kier molecular flexibility index (Phi) is 3.72. The number of hydrogen-bond donors (Lipinski definition) is 1. The molecule has 4 heteroatoms. The number of hydrogen-bond acceptors (Lipinski definition) is 4. The number of aromatic nitrogens is 2. The zero-order chi connectivity index (χ0) is 11.4. The van der Waals surface area contributed by atoms with Gasteiger partial charge in [-0.25, -0.2) is 4.98 Å². The van der Waals surface area contributed by atoms with Crippen molar-refractivity contribution in [3.05, 3.63) is 18.1 Å². The Morgan fingerprint density at radius 3 is 3.12 bits per heavy atom. The standard InChI is InChI=1S/C12H20N4/c1-3-11-5-4-6-16(11)12-9-14-8-10(15-12)7-13-2/h8-9,11,13H,3-7H2,1-2H3. The van der Waals surface area contributed by atoms with Crippen LogP contribution in [0.15, 0.2) is 12.4 Å². The maximum Gasteiger partial charge on any atom is 0.147 e. The van der Waals surface area contributed by atoms with Crippen LogP contribution in [-0.2, 0) is 6.54 Å². The summed E-state index contributed by atoms with van der Waals surface area (Å²) in [5, 5.41) is 3.11. The van der Waals surface area contributed by atoms with E-state index in [-0.39, 0.29) is 0 Å². The number of nitrogens with one attached hydrogen (secondary N) is 1. The molecule has 2 rings (SSSR count). The van der Waals surface area contributed by atoms with E-state index in [1.165, 1.54) is 19.3 Å². The van der Waals surface area contributed by atoms with Gasteiger partial charge < -0.3 is 10.2 Å². The number of nitrogens with zero attached hydrogens (tertiary/aromatic N) is 3. The summed E-state index contributed by atoms with van der Waals surface area (Å²) in [6.07, 6.45) is 7.47. The molecule has 1 aromatic heterocycles. The van der Waals surface area contributed by atoms with E-state index in [0.29, 0.717) is 6.04 Å². The number of rotatable bonds is 4. The molecule has 0 bridgehead atoms. The lowest BCUT2D eigenvalue weighted by molar-refractivity contribution is 0.637. The molecule has 0 spiro atoms. The van der Waals surface area contributed by atoms with Crippen LogP contribution in [0.1, 0.15) is 31.9 Å². The van der Waals surface area contributed by atoms with Crippen molar-refractivity contribution >= 4 is 5.82 Å². The van der Waals surface area contributed by atoms with Gasteiger partial charge in [0.05, 0.1) is 11.9 Å². The summed E-state index contributed by atoms with van der Waals surface area (Å²) in [6, 6.07) is 0.652. The second-order valence-electron chi connectivity index (χ2n) is 4.30. The highest BCUT2D eigenvalue weighted by molar-refractivity contribution is 5.39. The summed E-state index contributed by atoms with van der Waals surface area (Å²) in [5.41, 5.74) is 1.02. The van der Waals surface area contributed by atoms with Crippen LogP contribution in [0.25, 0.3) is 0 Å². The first-order valence-corrected chi connectivity index (χ1v) is 6.07. The van der Waals surface area contributed by atoms with Crippen molar-refractivity contribution in [2.45, 2.75) is 38.8 Å². The second kappa shape index (κ2) is 5.25. The van der Waals surface area contributed by atoms with Crippen molar-refractivity contribution in [2.24, 2.45) is 0 Å². The Bertz CT molecular complexity index is 340. The Labute approximate surface area is 97.1 Å². The van der Waals surface area contributed by atoms with E-state index >= 15 is 0 Å². The molecule has 1 fully saturated rings. The normalized spacial score (nSPS) is 20.4. The van der Waals surface area contributed by atoms with E-state index in [2.05, 4.69) is 27.1 Å². The second-order valence-corrected chi connectivity index (χ2v) is 4.30. The molecule has 1 N–H and O–H groups in total. The molecule has 1 aromatic rings. The first kappa shape index (κ1) is 11.3. The fourth-order valence-corrected chi connectivity index (χ4v) is 2.36. The molecule has 0 radical (unpaired) electrons. The molecule has 1 aliphatic rings. The lowest BCUT2D eigenvalue weighted by Crippen LogP contribution is -2.29. The molecule has 2 heterocycles. The predicted octanol–water partition coefficient (Wildman–Crippen LogP) is 1.57. The zero-order valence-corrected chi connectivity index (χ0v) is 10.1. The quantitative estimate of drug-likeness (QED) is 0.836. The third-order valence-electron chi connectivity index (χ3n) is 3.17. The Morgan fingerprint density at radius 2 is 2.38 bits per heavy atom. The van der Waals surface area contributed by atoms with Gasteiger partial charge in [-0.05, 0) is 26.3 Å². The topological polar surface area (TPSA) is 41.1 Å². The van der Waals surface area contributed by atoms with Gasteiger partial charge in [-0.1, -0.05) is 6.92 Å². The molecule has 1 atom stereocenters. The molecule has 0 saturated carbocycles. The van der Waals surface area contributed by atoms with E-state index in [9.17, 15) is 0 Å². The van der Waals surface area contributed by atoms with E-state index < -0.39 is 0 Å². The number of anilines is 1. The average Bonchev–Trinajstić information content (AvgIpc) is 2.78. The minimum Gasteiger partial charge on any atom is -0.352 e. The average molecular weight is 220 g/mol. The lowest BCUT2D eigenvalue weighted by Gasteiger charge is -2.24. The molecule has 1 aliphatic heterocycles. The third-order valence-corrected chi connectivity index (χ3v) is 3.17. The fourth-order valence-electron chi connectivity index (χ4n) is 2.36. The van der Waals surface area contributed by atoms with Crippen LogP contribution in [0.4, 0.5) is 5.82 Å². The van der Waals surface area contributed by atoms with E-state index in [0.717, 1.165) is 24.6 Å². The van der Waals surface area contributed by atoms with Gasteiger partial charge >= 0.3 is 0 Å². The van der Waals surface area contributed by atoms with Crippen molar-refractivity contribution in [2.75, 3.05) is 18.5 Å². The maximum atomic E-state index is 4.64. The molecule has 1 unspecified atom stereocenters. The highest BCUT2D eigenvalue weighted by atomic mass is 15.2. The third kappa shape index (κ3) is 2.32. The monoisotopic (exact) mass is 220 g/mol. The van der Waals surface area contributed by atoms with Gasteiger partial charge in [0.15, 0.2) is 0 Å². The summed E-state index contributed by atoms with van der Waals surface area (Å²) in [6.45, 7) is 4.15. The van der Waals surface area contributed by atoms with Gasteiger partial charge in [-0.3, -0.25) is 4.98 Å². The molecule has 1 saturated heterocycles. The Hall–Kier alpha value is -1.16. The van der Waals surface area contributed by atoms with Gasteiger partial charge in [0.25, 0.3) is 0 Å². The first-order chi connectivity index (χ1) is 7.85. The van der Waals surface area contributed by atoms with Crippen LogP contribution in [0.3, 0.4) is 0 Å². The maximum absolute atomic E-state index is 4.64. The van der Waals surface area contributed by atoms with Crippen LogP contribution in [0.2, 0.25) is 0 Å². The summed E-state index contributed by atoms with van der Waals surface area (Å²) < 4.78 is 0.